The number of hydrogen-bond acceptors (Lipinski definition) is 4. The fraction of sp³-hybridized carbons (Fsp3) is 0.895. The van der Waals surface area contributed by atoms with E-state index >= 15 is 0 Å². The summed E-state index contributed by atoms with van der Waals surface area (Å²) in [5.74, 6) is -0.454. The molecule has 134 valence electrons. The first-order valence-electron chi connectivity index (χ1n) is 8.89. The molecule has 0 aliphatic heterocycles. The summed E-state index contributed by atoms with van der Waals surface area (Å²) in [7, 11) is 0. The predicted molar refractivity (Wildman–Crippen MR) is 91.0 cm³/mol. The number of ether oxygens (including phenoxy) is 2. The van der Waals surface area contributed by atoms with Crippen LogP contribution in [0.1, 0.15) is 87.0 Å². The van der Waals surface area contributed by atoms with Gasteiger partial charge in [-0.1, -0.05) is 26.2 Å². The van der Waals surface area contributed by atoms with E-state index in [4.69, 9.17) is 9.47 Å². The molecule has 0 unspecified atom stereocenters. The molecule has 1 rings (SSSR count). The lowest BCUT2D eigenvalue weighted by atomic mass is 9.78. The Morgan fingerprint density at radius 1 is 0.870 bits per heavy atom. The molecule has 0 atom stereocenters. The van der Waals surface area contributed by atoms with E-state index < -0.39 is 22.6 Å². The Bertz CT molecular complexity index is 429. The number of rotatable bonds is 6. The van der Waals surface area contributed by atoms with Crippen LogP contribution in [0.25, 0.3) is 0 Å². The standard InChI is InChI=1S/C19H34O4/c1-8-17(2,3)15(20)22-19(6,7)16(21)23-18(4,5)14-12-10-9-11-13-14/h14H,8-13H2,1-7H3. The zero-order valence-corrected chi connectivity index (χ0v) is 16.0. The normalized spacial score (nSPS) is 17.7. The van der Waals surface area contributed by atoms with E-state index in [9.17, 15) is 9.59 Å². The molecule has 0 aromatic rings. The van der Waals surface area contributed by atoms with Gasteiger partial charge < -0.3 is 9.47 Å². The second kappa shape index (κ2) is 7.23. The van der Waals surface area contributed by atoms with E-state index in [0.29, 0.717) is 12.3 Å². The van der Waals surface area contributed by atoms with Gasteiger partial charge in [0, 0.05) is 0 Å². The molecule has 1 aliphatic rings. The smallest absolute Gasteiger partial charge is 0.350 e. The molecule has 0 aromatic heterocycles. The Morgan fingerprint density at radius 3 is 1.87 bits per heavy atom. The minimum Gasteiger partial charge on any atom is -0.456 e. The summed E-state index contributed by atoms with van der Waals surface area (Å²) in [4.78, 5) is 24.8. The average molecular weight is 326 g/mol. The van der Waals surface area contributed by atoms with E-state index in [2.05, 4.69) is 0 Å². The van der Waals surface area contributed by atoms with Gasteiger partial charge in [0.05, 0.1) is 5.41 Å². The highest BCUT2D eigenvalue weighted by atomic mass is 16.6. The molecule has 4 nitrogen and oxygen atoms in total. The zero-order valence-electron chi connectivity index (χ0n) is 16.0. The monoisotopic (exact) mass is 326 g/mol. The van der Waals surface area contributed by atoms with Crippen molar-refractivity contribution in [2.24, 2.45) is 11.3 Å². The maximum Gasteiger partial charge on any atom is 0.350 e. The van der Waals surface area contributed by atoms with Crippen LogP contribution in [0.3, 0.4) is 0 Å². The first kappa shape index (κ1) is 20.0. The number of carbonyl (C=O) groups excluding carboxylic acids is 2. The summed E-state index contributed by atoms with van der Waals surface area (Å²) >= 11 is 0. The van der Waals surface area contributed by atoms with Crippen molar-refractivity contribution in [3.8, 4) is 0 Å². The molecule has 4 heteroatoms. The summed E-state index contributed by atoms with van der Waals surface area (Å²) in [5, 5.41) is 0. The van der Waals surface area contributed by atoms with Crippen LogP contribution in [-0.2, 0) is 19.1 Å². The first-order valence-corrected chi connectivity index (χ1v) is 8.89. The summed E-state index contributed by atoms with van der Waals surface area (Å²) in [6.45, 7) is 12.7. The van der Waals surface area contributed by atoms with Crippen molar-refractivity contribution in [3.05, 3.63) is 0 Å². The van der Waals surface area contributed by atoms with Gasteiger partial charge in [-0.25, -0.2) is 4.79 Å². The van der Waals surface area contributed by atoms with Gasteiger partial charge in [-0.05, 0) is 66.7 Å². The van der Waals surface area contributed by atoms with Gasteiger partial charge in [0.25, 0.3) is 0 Å². The van der Waals surface area contributed by atoms with Gasteiger partial charge in [0.15, 0.2) is 0 Å². The van der Waals surface area contributed by atoms with E-state index in [1.165, 1.54) is 19.3 Å². The zero-order chi connectivity index (χ0) is 17.9. The van der Waals surface area contributed by atoms with Gasteiger partial charge in [0.1, 0.15) is 5.60 Å². The fourth-order valence-corrected chi connectivity index (χ4v) is 2.80. The third-order valence-electron chi connectivity index (χ3n) is 5.22. The van der Waals surface area contributed by atoms with Crippen molar-refractivity contribution in [1.82, 2.24) is 0 Å². The van der Waals surface area contributed by atoms with Crippen molar-refractivity contribution in [2.45, 2.75) is 98.2 Å². The summed E-state index contributed by atoms with van der Waals surface area (Å²) < 4.78 is 11.2. The van der Waals surface area contributed by atoms with Crippen molar-refractivity contribution in [3.63, 3.8) is 0 Å². The van der Waals surface area contributed by atoms with Crippen LogP contribution < -0.4 is 0 Å². The molecule has 0 spiro atoms. The Labute approximate surface area is 141 Å². The third kappa shape index (κ3) is 5.22. The van der Waals surface area contributed by atoms with E-state index in [0.717, 1.165) is 12.8 Å². The maximum absolute atomic E-state index is 12.6. The highest BCUT2D eigenvalue weighted by molar-refractivity contribution is 5.84. The number of carbonyl (C=O) groups is 2. The van der Waals surface area contributed by atoms with Gasteiger partial charge >= 0.3 is 11.9 Å². The Kier molecular flexibility index (Phi) is 6.28. The average Bonchev–Trinajstić information content (AvgIpc) is 2.47. The van der Waals surface area contributed by atoms with Crippen molar-refractivity contribution < 1.29 is 19.1 Å². The minimum absolute atomic E-state index is 0.363. The SMILES string of the molecule is CCC(C)(C)C(=O)OC(C)(C)C(=O)OC(C)(C)C1CCCCC1. The minimum atomic E-state index is -1.27. The highest BCUT2D eigenvalue weighted by Gasteiger charge is 2.42. The van der Waals surface area contributed by atoms with E-state index in [-0.39, 0.29) is 5.97 Å². The van der Waals surface area contributed by atoms with Crippen LogP contribution in [0.15, 0.2) is 0 Å². The van der Waals surface area contributed by atoms with Crippen LogP contribution in [-0.4, -0.2) is 23.1 Å². The molecule has 0 bridgehead atoms. The largest absolute Gasteiger partial charge is 0.456 e. The molecule has 1 saturated carbocycles. The number of hydrogen-bond donors (Lipinski definition) is 0. The third-order valence-corrected chi connectivity index (χ3v) is 5.22. The Hall–Kier alpha value is -1.06. The lowest BCUT2D eigenvalue weighted by molar-refractivity contribution is -0.196. The first-order chi connectivity index (χ1) is 10.4. The molecule has 0 N–H and O–H groups in total. The Balaban J connectivity index is 2.72. The van der Waals surface area contributed by atoms with Crippen LogP contribution >= 0.6 is 0 Å². The predicted octanol–water partition coefficient (Wildman–Crippen LogP) is 4.65. The summed E-state index contributed by atoms with van der Waals surface area (Å²) in [6, 6.07) is 0. The van der Waals surface area contributed by atoms with Crippen molar-refractivity contribution >= 4 is 11.9 Å². The lowest BCUT2D eigenvalue weighted by Gasteiger charge is -2.38. The lowest BCUT2D eigenvalue weighted by Crippen LogP contribution is -2.47. The van der Waals surface area contributed by atoms with Crippen LogP contribution in [0, 0.1) is 11.3 Å². The van der Waals surface area contributed by atoms with Gasteiger partial charge in [0.2, 0.25) is 5.60 Å². The maximum atomic E-state index is 12.6. The second-order valence-electron chi connectivity index (χ2n) is 8.47. The topological polar surface area (TPSA) is 52.6 Å². The molecule has 23 heavy (non-hydrogen) atoms. The van der Waals surface area contributed by atoms with Crippen LogP contribution in [0.5, 0.6) is 0 Å². The quantitative estimate of drug-likeness (QED) is 0.667. The van der Waals surface area contributed by atoms with Crippen LogP contribution in [0.2, 0.25) is 0 Å². The molecule has 0 aromatic carbocycles. The molecule has 1 fully saturated rings. The fourth-order valence-electron chi connectivity index (χ4n) is 2.80. The van der Waals surface area contributed by atoms with Gasteiger partial charge in [-0.2, -0.15) is 0 Å². The van der Waals surface area contributed by atoms with Crippen molar-refractivity contribution in [1.29, 1.82) is 0 Å². The molecule has 1 aliphatic carbocycles. The number of esters is 2. The molecule has 0 amide bonds. The summed E-state index contributed by atoms with van der Waals surface area (Å²) in [5.41, 5.74) is -2.40. The Morgan fingerprint density at radius 2 is 1.39 bits per heavy atom. The molecule has 0 heterocycles. The van der Waals surface area contributed by atoms with Gasteiger partial charge in [-0.3, -0.25) is 4.79 Å². The van der Waals surface area contributed by atoms with Crippen molar-refractivity contribution in [2.75, 3.05) is 0 Å². The second-order valence-corrected chi connectivity index (χ2v) is 8.47. The van der Waals surface area contributed by atoms with Crippen LogP contribution in [0.4, 0.5) is 0 Å². The van der Waals surface area contributed by atoms with E-state index in [1.54, 1.807) is 13.8 Å². The summed E-state index contributed by atoms with van der Waals surface area (Å²) in [6.07, 6.45) is 6.47. The molecule has 0 radical (unpaired) electrons. The van der Waals surface area contributed by atoms with E-state index in [1.807, 2.05) is 34.6 Å². The highest BCUT2D eigenvalue weighted by Crippen LogP contribution is 2.36. The molecular formula is C19H34O4. The molecular weight excluding hydrogens is 292 g/mol. The molecule has 0 saturated heterocycles. The van der Waals surface area contributed by atoms with Gasteiger partial charge in [-0.15, -0.1) is 0 Å².